The number of alkyl halides is 3. The van der Waals surface area contributed by atoms with Gasteiger partial charge in [-0.25, -0.2) is 18.7 Å². The first-order chi connectivity index (χ1) is 18.3. The van der Waals surface area contributed by atoms with Gasteiger partial charge in [-0.05, 0) is 31.5 Å². The van der Waals surface area contributed by atoms with Crippen molar-refractivity contribution < 1.29 is 36.3 Å². The van der Waals surface area contributed by atoms with Crippen molar-refractivity contribution in [2.24, 2.45) is 0 Å². The van der Waals surface area contributed by atoms with E-state index >= 15 is 0 Å². The minimum absolute atomic E-state index is 0.00275. The molecule has 5 N–H and O–H groups in total. The van der Waals surface area contributed by atoms with Gasteiger partial charge in [-0.1, -0.05) is 6.92 Å². The molecule has 15 heteroatoms. The van der Waals surface area contributed by atoms with Crippen LogP contribution in [0.1, 0.15) is 25.1 Å². The number of aryl methyl sites for hydroxylation is 1. The van der Waals surface area contributed by atoms with E-state index in [0.717, 1.165) is 17.0 Å². The smallest absolute Gasteiger partial charge is 0.455 e. The van der Waals surface area contributed by atoms with Crippen molar-refractivity contribution in [2.75, 3.05) is 29.5 Å². The van der Waals surface area contributed by atoms with Crippen LogP contribution in [0.3, 0.4) is 0 Å². The molecule has 2 amide bonds. The van der Waals surface area contributed by atoms with Crippen LogP contribution in [-0.4, -0.2) is 46.0 Å². The lowest BCUT2D eigenvalue weighted by Gasteiger charge is -2.40. The van der Waals surface area contributed by atoms with Gasteiger partial charge in [0.2, 0.25) is 17.4 Å². The summed E-state index contributed by atoms with van der Waals surface area (Å²) in [5.74, 6) is -5.31. The predicted molar refractivity (Wildman–Crippen MR) is 129 cm³/mol. The van der Waals surface area contributed by atoms with Crippen LogP contribution in [0.5, 0.6) is 5.88 Å². The molecule has 0 fully saturated rings. The zero-order valence-electron chi connectivity index (χ0n) is 20.6. The summed E-state index contributed by atoms with van der Waals surface area (Å²) < 4.78 is 72.3. The molecular weight excluding hydrogens is 529 g/mol. The molecule has 4 rings (SSSR count). The number of hydrogen-bond acceptors (Lipinski definition) is 8. The minimum Gasteiger partial charge on any atom is -0.455 e. The summed E-state index contributed by atoms with van der Waals surface area (Å²) in [6.45, 7) is 1.91. The van der Waals surface area contributed by atoms with Gasteiger partial charge in [0.05, 0.1) is 5.69 Å². The van der Waals surface area contributed by atoms with Crippen LogP contribution in [-0.2, 0) is 21.6 Å². The summed E-state index contributed by atoms with van der Waals surface area (Å²) in [6.07, 6.45) is -3.41. The van der Waals surface area contributed by atoms with Gasteiger partial charge >= 0.3 is 12.1 Å². The van der Waals surface area contributed by atoms with Crippen LogP contribution in [0.15, 0.2) is 30.5 Å². The number of pyridine rings is 1. The highest BCUT2D eigenvalue weighted by Gasteiger charge is 2.48. The van der Waals surface area contributed by atoms with Crippen LogP contribution in [0.4, 0.5) is 39.4 Å². The van der Waals surface area contributed by atoms with E-state index < -0.39 is 48.3 Å². The lowest BCUT2D eigenvalue weighted by Crippen LogP contribution is -2.54. The number of benzene rings is 1. The topological polar surface area (TPSA) is 149 Å². The number of amides is 2. The molecule has 1 aliphatic heterocycles. The zero-order valence-corrected chi connectivity index (χ0v) is 20.6. The van der Waals surface area contributed by atoms with Crippen molar-refractivity contribution in [3.05, 3.63) is 53.4 Å². The molecule has 0 aliphatic carbocycles. The number of aromatic nitrogens is 3. The summed E-state index contributed by atoms with van der Waals surface area (Å²) in [4.78, 5) is 38.4. The van der Waals surface area contributed by atoms with Crippen LogP contribution in [0.2, 0.25) is 0 Å². The highest BCUT2D eigenvalue weighted by Crippen LogP contribution is 2.44. The number of carbonyl (C=O) groups excluding carboxylic acids is 2. The van der Waals surface area contributed by atoms with Gasteiger partial charge in [0.15, 0.2) is 0 Å². The number of carbonyl (C=O) groups is 2. The Bertz CT molecular complexity index is 1470. The molecule has 206 valence electrons. The lowest BCUT2D eigenvalue weighted by atomic mass is 9.91. The second-order valence-corrected chi connectivity index (χ2v) is 8.66. The van der Waals surface area contributed by atoms with Crippen LogP contribution in [0.25, 0.3) is 11.1 Å². The number of anilines is 3. The standard InChI is InChI=1S/C24H22F5N7O3/c1-3-15-17(18(30)35-22(31)34-15)11-8-16-19(33-10-11)39-23(2,13-5-4-12(25)9-14(13)26)21(38)36(16)7-6-32-20(37)24(27,28)29/h4-5,8-10H,3,6-7H2,1-2H3,(H,32,37)(H4,30,31,34,35). The molecule has 1 aliphatic rings. The number of nitrogen functional groups attached to an aromatic ring is 2. The maximum Gasteiger partial charge on any atom is 0.471 e. The monoisotopic (exact) mass is 551 g/mol. The fourth-order valence-electron chi connectivity index (χ4n) is 4.22. The molecule has 1 aromatic carbocycles. The summed E-state index contributed by atoms with van der Waals surface area (Å²) in [6, 6.07) is 3.94. The number of nitrogens with zero attached hydrogens (tertiary/aromatic N) is 4. The molecule has 0 bridgehead atoms. The SMILES string of the molecule is CCc1nc(N)nc(N)c1-c1cnc2c(c1)N(CCNC(=O)C(F)(F)F)C(=O)C(C)(c1ccc(F)cc1F)O2. The molecule has 0 saturated heterocycles. The van der Waals surface area contributed by atoms with Crippen molar-refractivity contribution in [2.45, 2.75) is 32.0 Å². The van der Waals surface area contributed by atoms with Gasteiger partial charge < -0.3 is 26.4 Å². The van der Waals surface area contributed by atoms with Gasteiger partial charge in [0.25, 0.3) is 5.91 Å². The Morgan fingerprint density at radius 2 is 1.90 bits per heavy atom. The first-order valence-electron chi connectivity index (χ1n) is 11.5. The molecule has 2 aromatic heterocycles. The average molecular weight is 551 g/mol. The van der Waals surface area contributed by atoms with Crippen molar-refractivity contribution in [1.29, 1.82) is 0 Å². The molecule has 0 radical (unpaired) electrons. The van der Waals surface area contributed by atoms with E-state index in [-0.39, 0.29) is 28.9 Å². The van der Waals surface area contributed by atoms with Gasteiger partial charge in [0.1, 0.15) is 23.1 Å². The Morgan fingerprint density at radius 1 is 1.18 bits per heavy atom. The highest BCUT2D eigenvalue weighted by atomic mass is 19.4. The number of halogens is 5. The quantitative estimate of drug-likeness (QED) is 0.396. The number of nitrogens with one attached hydrogen (secondary N) is 1. The Kier molecular flexibility index (Phi) is 7.02. The number of hydrogen-bond donors (Lipinski definition) is 3. The van der Waals surface area contributed by atoms with Crippen molar-refractivity contribution >= 4 is 29.3 Å². The molecule has 3 heterocycles. The maximum absolute atomic E-state index is 14.8. The molecule has 10 nitrogen and oxygen atoms in total. The number of nitrogens with two attached hydrogens (primary N) is 2. The molecule has 39 heavy (non-hydrogen) atoms. The van der Waals surface area contributed by atoms with Crippen molar-refractivity contribution in [1.82, 2.24) is 20.3 Å². The van der Waals surface area contributed by atoms with E-state index in [4.69, 9.17) is 16.2 Å². The minimum atomic E-state index is -5.14. The van der Waals surface area contributed by atoms with Crippen LogP contribution < -0.4 is 26.4 Å². The third-order valence-corrected chi connectivity index (χ3v) is 6.05. The zero-order chi connectivity index (χ0) is 28.7. The van der Waals surface area contributed by atoms with Gasteiger partial charge in [-0.2, -0.15) is 18.2 Å². The van der Waals surface area contributed by atoms with E-state index in [1.807, 2.05) is 0 Å². The summed E-state index contributed by atoms with van der Waals surface area (Å²) in [5, 5.41) is 1.69. The molecular formula is C24H22F5N7O3. The number of fused-ring (bicyclic) bond motifs is 1. The van der Waals surface area contributed by atoms with E-state index in [0.29, 0.717) is 29.3 Å². The Balaban J connectivity index is 1.81. The summed E-state index contributed by atoms with van der Waals surface area (Å²) in [7, 11) is 0. The van der Waals surface area contributed by atoms with E-state index in [1.54, 1.807) is 12.2 Å². The fraction of sp³-hybridized carbons (Fsp3) is 0.292. The molecule has 0 spiro atoms. The van der Waals surface area contributed by atoms with E-state index in [2.05, 4.69) is 15.0 Å². The van der Waals surface area contributed by atoms with Crippen molar-refractivity contribution in [3.63, 3.8) is 0 Å². The second kappa shape index (κ2) is 9.96. The predicted octanol–water partition coefficient (Wildman–Crippen LogP) is 2.86. The first kappa shape index (κ1) is 27.5. The third kappa shape index (κ3) is 5.11. The molecule has 1 unspecified atom stereocenters. The Morgan fingerprint density at radius 3 is 2.54 bits per heavy atom. The normalized spacial score (nSPS) is 17.0. The largest absolute Gasteiger partial charge is 0.471 e. The van der Waals surface area contributed by atoms with Gasteiger partial charge in [0, 0.05) is 42.0 Å². The molecule has 3 aromatic rings. The Labute approximate surface area is 218 Å². The first-order valence-corrected chi connectivity index (χ1v) is 11.5. The Hall–Kier alpha value is -4.56. The van der Waals surface area contributed by atoms with E-state index in [1.165, 1.54) is 19.2 Å². The van der Waals surface area contributed by atoms with Crippen molar-refractivity contribution in [3.8, 4) is 17.0 Å². The number of rotatable bonds is 6. The van der Waals surface area contributed by atoms with Gasteiger partial charge in [-0.3, -0.25) is 9.59 Å². The third-order valence-electron chi connectivity index (χ3n) is 6.05. The highest BCUT2D eigenvalue weighted by molar-refractivity contribution is 6.03. The summed E-state index contributed by atoms with van der Waals surface area (Å²) in [5.41, 5.74) is 10.5. The molecule has 0 saturated carbocycles. The lowest BCUT2D eigenvalue weighted by molar-refractivity contribution is -0.173. The number of ether oxygens (including phenoxy) is 1. The van der Waals surface area contributed by atoms with Crippen LogP contribution >= 0.6 is 0 Å². The second-order valence-electron chi connectivity index (χ2n) is 8.66. The van der Waals surface area contributed by atoms with E-state index in [9.17, 15) is 31.5 Å². The van der Waals surface area contributed by atoms with Gasteiger partial charge in [-0.15, -0.1) is 0 Å². The van der Waals surface area contributed by atoms with Crippen LogP contribution in [0, 0.1) is 11.6 Å². The molecule has 1 atom stereocenters. The average Bonchev–Trinajstić information content (AvgIpc) is 2.85. The summed E-state index contributed by atoms with van der Waals surface area (Å²) >= 11 is 0. The maximum atomic E-state index is 14.8. The fourth-order valence-corrected chi connectivity index (χ4v) is 4.22.